The first-order chi connectivity index (χ1) is 18.4. The zero-order chi connectivity index (χ0) is 28.4. The standard InChI is InChI=1S/C32H40FNO4Si/c1-32(2,3)39(5,6)38-25(20-29(36)37-4)19-24(35)17-18-27-30(21-13-15-23(33)16-14-21)26-9-7-8-10-28(26)34-31(27)22-11-12-22/h7-10,13-16,22,25H,11-12,17-20H2,1-6H3/t25-/m1/s1. The van der Waals surface area contributed by atoms with E-state index in [-0.39, 0.29) is 35.4 Å². The summed E-state index contributed by atoms with van der Waals surface area (Å²) in [6.45, 7) is 10.7. The zero-order valence-corrected chi connectivity index (χ0v) is 25.0. The molecule has 0 amide bonds. The van der Waals surface area contributed by atoms with E-state index < -0.39 is 14.4 Å². The molecule has 5 nitrogen and oxygen atoms in total. The van der Waals surface area contributed by atoms with Crippen LogP contribution in [0, 0.1) is 5.82 Å². The topological polar surface area (TPSA) is 65.5 Å². The maximum atomic E-state index is 13.8. The highest BCUT2D eigenvalue weighted by Crippen LogP contribution is 2.45. The van der Waals surface area contributed by atoms with Gasteiger partial charge in [-0.3, -0.25) is 14.6 Å². The van der Waals surface area contributed by atoms with Gasteiger partial charge in [-0.05, 0) is 72.3 Å². The van der Waals surface area contributed by atoms with Crippen molar-refractivity contribution in [2.75, 3.05) is 7.11 Å². The number of carbonyl (C=O) groups is 2. The SMILES string of the molecule is COC(=O)C[C@@H](CC(=O)CCc1c(C2CC2)nc2ccccc2c1-c1ccc(F)cc1)O[Si](C)(C)C(C)(C)C. The van der Waals surface area contributed by atoms with E-state index in [0.717, 1.165) is 46.1 Å². The van der Waals surface area contributed by atoms with Gasteiger partial charge < -0.3 is 9.16 Å². The fourth-order valence-electron chi connectivity index (χ4n) is 4.80. The fraction of sp³-hybridized carbons (Fsp3) is 0.469. The predicted octanol–water partition coefficient (Wildman–Crippen LogP) is 7.76. The maximum Gasteiger partial charge on any atom is 0.308 e. The van der Waals surface area contributed by atoms with Gasteiger partial charge in [-0.2, -0.15) is 0 Å². The number of hydrogen-bond acceptors (Lipinski definition) is 5. The number of halogens is 1. The number of nitrogens with zero attached hydrogens (tertiary/aromatic N) is 1. The van der Waals surface area contributed by atoms with E-state index in [1.807, 2.05) is 24.3 Å². The van der Waals surface area contributed by atoms with E-state index >= 15 is 0 Å². The summed E-state index contributed by atoms with van der Waals surface area (Å²) in [5, 5.41) is 0.950. The van der Waals surface area contributed by atoms with Gasteiger partial charge in [-0.1, -0.05) is 51.1 Å². The number of pyridine rings is 1. The molecule has 3 aromatic rings. The molecule has 1 fully saturated rings. The molecule has 1 heterocycles. The summed E-state index contributed by atoms with van der Waals surface area (Å²) in [6, 6.07) is 14.6. The molecule has 4 rings (SSSR count). The molecule has 1 saturated carbocycles. The summed E-state index contributed by atoms with van der Waals surface area (Å²) in [5.41, 5.74) is 4.97. The molecule has 0 bridgehead atoms. The molecule has 0 aliphatic heterocycles. The van der Waals surface area contributed by atoms with Crippen molar-refractivity contribution in [1.29, 1.82) is 0 Å². The highest BCUT2D eigenvalue weighted by molar-refractivity contribution is 6.74. The second-order valence-electron chi connectivity index (χ2n) is 12.2. The van der Waals surface area contributed by atoms with E-state index in [1.165, 1.54) is 19.2 Å². The van der Waals surface area contributed by atoms with E-state index in [1.54, 1.807) is 12.1 Å². The number of Topliss-reactive ketones (excluding diaryl/α,β-unsaturated/α-hetero) is 1. The molecule has 0 saturated heterocycles. The van der Waals surface area contributed by atoms with Gasteiger partial charge in [0.2, 0.25) is 0 Å². The third-order valence-electron chi connectivity index (χ3n) is 8.12. The molecule has 1 aliphatic rings. The van der Waals surface area contributed by atoms with Crippen LogP contribution in [0.25, 0.3) is 22.0 Å². The van der Waals surface area contributed by atoms with Crippen molar-refractivity contribution >= 4 is 31.0 Å². The number of ketones is 1. The van der Waals surface area contributed by atoms with Crippen LogP contribution in [0.1, 0.15) is 70.1 Å². The highest BCUT2D eigenvalue weighted by Gasteiger charge is 2.40. The Bertz CT molecular complexity index is 1340. The number of hydrogen-bond donors (Lipinski definition) is 0. The van der Waals surface area contributed by atoms with Gasteiger partial charge in [0.1, 0.15) is 11.6 Å². The third-order valence-corrected chi connectivity index (χ3v) is 12.7. The minimum Gasteiger partial charge on any atom is -0.469 e. The smallest absolute Gasteiger partial charge is 0.308 e. The van der Waals surface area contributed by atoms with Gasteiger partial charge >= 0.3 is 5.97 Å². The Balaban J connectivity index is 1.63. The van der Waals surface area contributed by atoms with Gasteiger partial charge in [-0.25, -0.2) is 4.39 Å². The molecule has 0 radical (unpaired) electrons. The van der Waals surface area contributed by atoms with Crippen LogP contribution in [0.5, 0.6) is 0 Å². The summed E-state index contributed by atoms with van der Waals surface area (Å²) in [4.78, 5) is 30.6. The number of methoxy groups -OCH3 is 1. The van der Waals surface area contributed by atoms with E-state index in [2.05, 4.69) is 33.9 Å². The van der Waals surface area contributed by atoms with Crippen molar-refractivity contribution in [3.05, 3.63) is 65.6 Å². The summed E-state index contributed by atoms with van der Waals surface area (Å²) in [5.74, 6) is -0.232. The number of para-hydroxylation sites is 1. The van der Waals surface area contributed by atoms with Gasteiger partial charge in [0.25, 0.3) is 0 Å². The Morgan fingerprint density at radius 3 is 2.33 bits per heavy atom. The van der Waals surface area contributed by atoms with Crippen LogP contribution in [0.3, 0.4) is 0 Å². The number of fused-ring (bicyclic) bond motifs is 1. The van der Waals surface area contributed by atoms with Crippen molar-refractivity contribution in [1.82, 2.24) is 4.98 Å². The molecular formula is C32H40FNO4Si. The Labute approximate surface area is 232 Å². The molecule has 1 aromatic heterocycles. The van der Waals surface area contributed by atoms with Crippen LogP contribution in [-0.4, -0.2) is 38.3 Å². The monoisotopic (exact) mass is 549 g/mol. The first-order valence-corrected chi connectivity index (χ1v) is 16.7. The third kappa shape index (κ3) is 7.00. The molecule has 0 unspecified atom stereocenters. The summed E-state index contributed by atoms with van der Waals surface area (Å²) < 4.78 is 25.2. The molecule has 0 N–H and O–H groups in total. The number of aromatic nitrogens is 1. The first kappa shape index (κ1) is 29.1. The molecular weight excluding hydrogens is 509 g/mol. The maximum absolute atomic E-state index is 13.8. The van der Waals surface area contributed by atoms with Gasteiger partial charge in [-0.15, -0.1) is 0 Å². The molecule has 0 spiro atoms. The Kier molecular flexibility index (Phi) is 8.71. The van der Waals surface area contributed by atoms with Gasteiger partial charge in [0.15, 0.2) is 8.32 Å². The molecule has 1 atom stereocenters. The first-order valence-electron chi connectivity index (χ1n) is 13.8. The summed E-state index contributed by atoms with van der Waals surface area (Å²) >= 11 is 0. The predicted molar refractivity (Wildman–Crippen MR) is 156 cm³/mol. The minimum atomic E-state index is -2.21. The van der Waals surface area contributed by atoms with Gasteiger partial charge in [0, 0.05) is 29.8 Å². The molecule has 208 valence electrons. The lowest BCUT2D eigenvalue weighted by molar-refractivity contribution is -0.142. The number of ether oxygens (including phenoxy) is 1. The van der Waals surface area contributed by atoms with Gasteiger partial charge in [0.05, 0.1) is 25.2 Å². The average molecular weight is 550 g/mol. The molecule has 2 aromatic carbocycles. The van der Waals surface area contributed by atoms with Crippen LogP contribution in [0.15, 0.2) is 48.5 Å². The quantitative estimate of drug-likeness (QED) is 0.181. The summed E-state index contributed by atoms with van der Waals surface area (Å²) in [7, 11) is -0.848. The van der Waals surface area contributed by atoms with Crippen LogP contribution < -0.4 is 0 Å². The largest absolute Gasteiger partial charge is 0.469 e. The van der Waals surface area contributed by atoms with E-state index in [4.69, 9.17) is 14.1 Å². The normalized spacial score (nSPS) is 14.8. The van der Waals surface area contributed by atoms with Crippen molar-refractivity contribution in [3.8, 4) is 11.1 Å². The van der Waals surface area contributed by atoms with Crippen molar-refractivity contribution in [3.63, 3.8) is 0 Å². The minimum absolute atomic E-state index is 0.0440. The lowest BCUT2D eigenvalue weighted by atomic mass is 9.89. The lowest BCUT2D eigenvalue weighted by Gasteiger charge is -2.39. The Morgan fingerprint density at radius 2 is 1.72 bits per heavy atom. The second-order valence-corrected chi connectivity index (χ2v) is 16.9. The van der Waals surface area contributed by atoms with E-state index in [0.29, 0.717) is 18.8 Å². The second kappa shape index (κ2) is 11.7. The highest BCUT2D eigenvalue weighted by atomic mass is 28.4. The van der Waals surface area contributed by atoms with E-state index in [9.17, 15) is 14.0 Å². The molecule has 39 heavy (non-hydrogen) atoms. The number of rotatable bonds is 11. The van der Waals surface area contributed by atoms with Crippen molar-refractivity contribution < 1.29 is 23.1 Å². The van der Waals surface area contributed by atoms with Crippen LogP contribution >= 0.6 is 0 Å². The average Bonchev–Trinajstić information content (AvgIpc) is 3.71. The molecule has 7 heteroatoms. The van der Waals surface area contributed by atoms with Crippen LogP contribution in [-0.2, 0) is 25.2 Å². The lowest BCUT2D eigenvalue weighted by Crippen LogP contribution is -2.45. The molecule has 1 aliphatic carbocycles. The number of benzene rings is 2. The number of esters is 1. The summed E-state index contributed by atoms with van der Waals surface area (Å²) in [6.07, 6.45) is 2.70. The van der Waals surface area contributed by atoms with Crippen molar-refractivity contribution in [2.45, 2.75) is 89.5 Å². The van der Waals surface area contributed by atoms with Crippen molar-refractivity contribution in [2.24, 2.45) is 0 Å². The number of carbonyl (C=O) groups excluding carboxylic acids is 2. The Morgan fingerprint density at radius 1 is 1.05 bits per heavy atom. The van der Waals surface area contributed by atoms with Crippen LogP contribution in [0.2, 0.25) is 18.1 Å². The van der Waals surface area contributed by atoms with Crippen LogP contribution in [0.4, 0.5) is 4.39 Å². The Hall–Kier alpha value is -2.90. The zero-order valence-electron chi connectivity index (χ0n) is 24.0. The fourth-order valence-corrected chi connectivity index (χ4v) is 6.16.